The summed E-state index contributed by atoms with van der Waals surface area (Å²) < 4.78 is 27.2. The Bertz CT molecular complexity index is 495. The third-order valence-electron chi connectivity index (χ3n) is 2.40. The lowest BCUT2D eigenvalue weighted by Crippen LogP contribution is -2.32. The molecule has 1 aromatic carbocycles. The topological polar surface area (TPSA) is 58.2 Å². The third kappa shape index (κ3) is 6.23. The van der Waals surface area contributed by atoms with Gasteiger partial charge in [0.15, 0.2) is 0 Å². The van der Waals surface area contributed by atoms with Gasteiger partial charge in [0, 0.05) is 17.6 Å². The van der Waals surface area contributed by atoms with Crippen LogP contribution in [0.5, 0.6) is 0 Å². The van der Waals surface area contributed by atoms with Crippen LogP contribution in [0.1, 0.15) is 18.9 Å². The number of rotatable bonds is 7. The van der Waals surface area contributed by atoms with Crippen LogP contribution < -0.4 is 10.0 Å². The van der Waals surface area contributed by atoms with Crippen molar-refractivity contribution in [3.05, 3.63) is 28.2 Å². The Balaban J connectivity index is 0.00000324. The third-order valence-corrected chi connectivity index (χ3v) is 4.84. The van der Waals surface area contributed by atoms with E-state index in [9.17, 15) is 8.42 Å². The quantitative estimate of drug-likeness (QED) is 0.724. The highest BCUT2D eigenvalue weighted by molar-refractivity contribution is 9.10. The maximum Gasteiger partial charge on any atom is 0.241 e. The lowest BCUT2D eigenvalue weighted by atomic mass is 10.2. The lowest BCUT2D eigenvalue weighted by Gasteiger charge is -2.09. The van der Waals surface area contributed by atoms with Gasteiger partial charge in [-0.2, -0.15) is 0 Å². The summed E-state index contributed by atoms with van der Waals surface area (Å²) >= 11 is 3.28. The summed E-state index contributed by atoms with van der Waals surface area (Å²) in [5.41, 5.74) is 1.02. The Hall–Kier alpha value is -0.140. The van der Waals surface area contributed by atoms with E-state index in [1.54, 1.807) is 18.2 Å². The predicted molar refractivity (Wildman–Crippen MR) is 84.5 cm³/mol. The van der Waals surface area contributed by atoms with Gasteiger partial charge >= 0.3 is 0 Å². The monoisotopic (exact) mass is 370 g/mol. The first-order valence-corrected chi connectivity index (χ1v) is 8.21. The number of sulfonamides is 1. The second kappa shape index (κ2) is 8.92. The maximum absolute atomic E-state index is 12.0. The van der Waals surface area contributed by atoms with Crippen LogP contribution in [-0.2, 0) is 10.0 Å². The fourth-order valence-electron chi connectivity index (χ4n) is 1.48. The average Bonchev–Trinajstić information content (AvgIpc) is 2.28. The molecule has 0 aliphatic rings. The second-order valence-electron chi connectivity index (χ2n) is 4.08. The molecule has 0 spiro atoms. The summed E-state index contributed by atoms with van der Waals surface area (Å²) in [6, 6.07) is 5.19. The summed E-state index contributed by atoms with van der Waals surface area (Å²) in [4.78, 5) is 0.281. The smallest absolute Gasteiger partial charge is 0.241 e. The Morgan fingerprint density at radius 3 is 2.47 bits per heavy atom. The summed E-state index contributed by atoms with van der Waals surface area (Å²) in [7, 11) is -3.43. The minimum atomic E-state index is -3.43. The van der Waals surface area contributed by atoms with Gasteiger partial charge in [-0.1, -0.05) is 13.0 Å². The highest BCUT2D eigenvalue weighted by Crippen LogP contribution is 2.22. The lowest BCUT2D eigenvalue weighted by molar-refractivity contribution is 0.575. The van der Waals surface area contributed by atoms with Crippen LogP contribution in [-0.4, -0.2) is 28.1 Å². The molecule has 0 aromatic heterocycles. The number of hydrogen-bond acceptors (Lipinski definition) is 3. The van der Waals surface area contributed by atoms with Crippen LogP contribution >= 0.6 is 28.3 Å². The van der Waals surface area contributed by atoms with Crippen molar-refractivity contribution in [1.29, 1.82) is 0 Å². The number of aryl methyl sites for hydroxylation is 1. The summed E-state index contributed by atoms with van der Waals surface area (Å²) in [5, 5.41) is 3.14. The Morgan fingerprint density at radius 2 is 1.89 bits per heavy atom. The van der Waals surface area contributed by atoms with Crippen molar-refractivity contribution in [3.63, 3.8) is 0 Å². The molecule has 7 heteroatoms. The van der Waals surface area contributed by atoms with Gasteiger partial charge in [-0.05, 0) is 53.5 Å². The molecule has 0 atom stereocenters. The van der Waals surface area contributed by atoms with Crippen LogP contribution in [0.15, 0.2) is 27.6 Å². The van der Waals surface area contributed by atoms with Crippen molar-refractivity contribution in [3.8, 4) is 0 Å². The predicted octanol–water partition coefficient (Wildman–Crippen LogP) is 2.46. The number of benzene rings is 1. The van der Waals surface area contributed by atoms with E-state index in [-0.39, 0.29) is 17.3 Å². The van der Waals surface area contributed by atoms with Gasteiger partial charge in [-0.3, -0.25) is 0 Å². The molecule has 0 fully saturated rings. The molecule has 0 bridgehead atoms. The van der Waals surface area contributed by atoms with E-state index < -0.39 is 10.0 Å². The molecule has 0 heterocycles. The molecule has 1 aromatic rings. The van der Waals surface area contributed by atoms with Gasteiger partial charge < -0.3 is 5.32 Å². The standard InChI is InChI=1S/C12H19BrN2O2S.ClH/c1-3-6-14-7-8-15-18(16,17)12-5-4-10(2)9-11(12)13;/h4-5,9,14-15H,3,6-8H2,1-2H3;1H. The Labute approximate surface area is 130 Å². The summed E-state index contributed by atoms with van der Waals surface area (Å²) in [6.07, 6.45) is 1.04. The van der Waals surface area contributed by atoms with Crippen molar-refractivity contribution < 1.29 is 8.42 Å². The number of nitrogens with one attached hydrogen (secondary N) is 2. The van der Waals surface area contributed by atoms with E-state index in [1.165, 1.54) is 0 Å². The molecular weight excluding hydrogens is 352 g/mol. The van der Waals surface area contributed by atoms with Crippen molar-refractivity contribution in [2.75, 3.05) is 19.6 Å². The maximum atomic E-state index is 12.0. The normalized spacial score (nSPS) is 11.1. The second-order valence-corrected chi connectivity index (χ2v) is 6.67. The zero-order chi connectivity index (χ0) is 13.6. The Morgan fingerprint density at radius 1 is 1.21 bits per heavy atom. The molecule has 110 valence electrons. The van der Waals surface area contributed by atoms with E-state index in [2.05, 4.69) is 32.9 Å². The van der Waals surface area contributed by atoms with Gasteiger partial charge in [-0.15, -0.1) is 12.4 Å². The SMILES string of the molecule is CCCNCCNS(=O)(=O)c1ccc(C)cc1Br.Cl. The number of halogens is 2. The van der Waals surface area contributed by atoms with Gasteiger partial charge in [0.2, 0.25) is 10.0 Å². The summed E-state index contributed by atoms with van der Waals surface area (Å²) in [6.45, 7) is 5.92. The zero-order valence-corrected chi connectivity index (χ0v) is 14.3. The molecule has 0 saturated heterocycles. The van der Waals surface area contributed by atoms with Crippen molar-refractivity contribution in [2.45, 2.75) is 25.2 Å². The molecule has 4 nitrogen and oxygen atoms in total. The molecule has 1 rings (SSSR count). The van der Waals surface area contributed by atoms with Crippen LogP contribution in [0.4, 0.5) is 0 Å². The largest absolute Gasteiger partial charge is 0.315 e. The van der Waals surface area contributed by atoms with E-state index in [4.69, 9.17) is 0 Å². The molecule has 0 amide bonds. The van der Waals surface area contributed by atoms with E-state index in [1.807, 2.05) is 6.92 Å². The van der Waals surface area contributed by atoms with Crippen LogP contribution in [0, 0.1) is 6.92 Å². The van der Waals surface area contributed by atoms with Gasteiger partial charge in [0.25, 0.3) is 0 Å². The highest BCUT2D eigenvalue weighted by atomic mass is 79.9. The molecule has 0 aliphatic heterocycles. The molecule has 0 unspecified atom stereocenters. The molecular formula is C12H20BrClN2O2S. The zero-order valence-electron chi connectivity index (χ0n) is 11.1. The summed E-state index contributed by atoms with van der Waals surface area (Å²) in [5.74, 6) is 0. The van der Waals surface area contributed by atoms with E-state index in [0.717, 1.165) is 18.5 Å². The van der Waals surface area contributed by atoms with Crippen molar-refractivity contribution >= 4 is 38.4 Å². The number of hydrogen-bond donors (Lipinski definition) is 2. The van der Waals surface area contributed by atoms with E-state index >= 15 is 0 Å². The molecule has 0 saturated carbocycles. The molecule has 19 heavy (non-hydrogen) atoms. The fourth-order valence-corrected chi connectivity index (χ4v) is 3.70. The van der Waals surface area contributed by atoms with Gasteiger partial charge in [0.05, 0.1) is 4.90 Å². The van der Waals surface area contributed by atoms with Crippen molar-refractivity contribution in [2.24, 2.45) is 0 Å². The first-order valence-electron chi connectivity index (χ1n) is 5.94. The van der Waals surface area contributed by atoms with Gasteiger partial charge in [-0.25, -0.2) is 13.1 Å². The van der Waals surface area contributed by atoms with Crippen LogP contribution in [0.3, 0.4) is 0 Å². The Kier molecular flexibility index (Phi) is 8.85. The molecule has 0 radical (unpaired) electrons. The molecule has 0 aliphatic carbocycles. The minimum absolute atomic E-state index is 0. The highest BCUT2D eigenvalue weighted by Gasteiger charge is 2.16. The van der Waals surface area contributed by atoms with Crippen LogP contribution in [0.2, 0.25) is 0 Å². The molecule has 2 N–H and O–H groups in total. The fraction of sp³-hybridized carbons (Fsp3) is 0.500. The van der Waals surface area contributed by atoms with Gasteiger partial charge in [0.1, 0.15) is 0 Å². The first kappa shape index (κ1) is 18.9. The van der Waals surface area contributed by atoms with Crippen LogP contribution in [0.25, 0.3) is 0 Å². The average molecular weight is 372 g/mol. The van der Waals surface area contributed by atoms with Crippen molar-refractivity contribution in [1.82, 2.24) is 10.0 Å². The minimum Gasteiger partial charge on any atom is -0.315 e. The first-order chi connectivity index (χ1) is 8.47. The van der Waals surface area contributed by atoms with E-state index in [0.29, 0.717) is 17.6 Å².